The molecule has 1 heterocycles. The molecule has 24 heavy (non-hydrogen) atoms. The predicted molar refractivity (Wildman–Crippen MR) is 92.8 cm³/mol. The monoisotopic (exact) mass is 328 g/mol. The third kappa shape index (κ3) is 5.06. The molecular weight excluding hydrogens is 304 g/mol. The number of amides is 1. The van der Waals surface area contributed by atoms with Crippen molar-refractivity contribution in [1.29, 1.82) is 0 Å². The zero-order chi connectivity index (χ0) is 17.6. The van der Waals surface area contributed by atoms with Gasteiger partial charge in [0.05, 0.1) is 5.60 Å². The van der Waals surface area contributed by atoms with Gasteiger partial charge in [0, 0.05) is 30.1 Å². The molecule has 2 aromatic rings. The van der Waals surface area contributed by atoms with Gasteiger partial charge in [0.1, 0.15) is 12.4 Å². The fourth-order valence-electron chi connectivity index (χ4n) is 1.94. The minimum absolute atomic E-state index is 0.0481. The van der Waals surface area contributed by atoms with Gasteiger partial charge in [-0.1, -0.05) is 26.0 Å². The van der Waals surface area contributed by atoms with Crippen LogP contribution in [0, 0.1) is 5.92 Å². The van der Waals surface area contributed by atoms with E-state index >= 15 is 0 Å². The smallest absolute Gasteiger partial charge is 0.251 e. The van der Waals surface area contributed by atoms with Crippen molar-refractivity contribution in [2.45, 2.75) is 33.0 Å². The molecule has 1 aromatic heterocycles. The van der Waals surface area contributed by atoms with Gasteiger partial charge >= 0.3 is 0 Å². The molecule has 0 aliphatic rings. The molecule has 5 nitrogen and oxygen atoms in total. The number of hydrogen-bond donors (Lipinski definition) is 2. The maximum atomic E-state index is 12.3. The number of carbonyl (C=O) groups excluding carboxylic acids is 1. The second-order valence-electron chi connectivity index (χ2n) is 6.37. The van der Waals surface area contributed by atoms with Crippen LogP contribution in [0.2, 0.25) is 0 Å². The second kappa shape index (κ2) is 7.93. The molecule has 2 rings (SSSR count). The predicted octanol–water partition coefficient (Wildman–Crippen LogP) is 2.80. The molecule has 1 amide bonds. The van der Waals surface area contributed by atoms with Crippen molar-refractivity contribution >= 4 is 5.91 Å². The molecule has 0 saturated carbocycles. The van der Waals surface area contributed by atoms with Crippen molar-refractivity contribution in [2.24, 2.45) is 5.92 Å². The number of aromatic nitrogens is 1. The Bertz CT molecular complexity index is 669. The molecule has 0 aliphatic heterocycles. The van der Waals surface area contributed by atoms with Crippen molar-refractivity contribution in [3.05, 3.63) is 59.9 Å². The summed E-state index contributed by atoms with van der Waals surface area (Å²) in [7, 11) is 0. The lowest BCUT2D eigenvalue weighted by atomic mass is 9.92. The normalized spacial score (nSPS) is 13.4. The average Bonchev–Trinajstić information content (AvgIpc) is 2.59. The molecule has 2 N–H and O–H groups in total. The molecule has 5 heteroatoms. The maximum absolute atomic E-state index is 12.3. The summed E-state index contributed by atoms with van der Waals surface area (Å²) in [5.74, 6) is 0.428. The zero-order valence-electron chi connectivity index (χ0n) is 14.3. The van der Waals surface area contributed by atoms with E-state index in [0.717, 1.165) is 5.56 Å². The molecule has 0 radical (unpaired) electrons. The van der Waals surface area contributed by atoms with E-state index in [0.29, 0.717) is 17.9 Å². The zero-order valence-corrected chi connectivity index (χ0v) is 14.3. The van der Waals surface area contributed by atoms with Crippen molar-refractivity contribution in [3.8, 4) is 5.75 Å². The Morgan fingerprint density at radius 2 is 2.12 bits per heavy atom. The lowest BCUT2D eigenvalue weighted by molar-refractivity contribution is 0.0142. The number of hydrogen-bond acceptors (Lipinski definition) is 4. The van der Waals surface area contributed by atoms with E-state index in [1.807, 2.05) is 26.0 Å². The first-order valence-corrected chi connectivity index (χ1v) is 8.01. The molecule has 128 valence electrons. The summed E-state index contributed by atoms with van der Waals surface area (Å²) in [6, 6.07) is 10.8. The number of nitrogens with zero attached hydrogens (tertiary/aromatic N) is 1. The quantitative estimate of drug-likeness (QED) is 0.820. The number of rotatable bonds is 7. The first-order chi connectivity index (χ1) is 11.4. The Morgan fingerprint density at radius 3 is 2.79 bits per heavy atom. The van der Waals surface area contributed by atoms with Gasteiger partial charge in [-0.05, 0) is 37.1 Å². The van der Waals surface area contributed by atoms with Crippen LogP contribution in [0.3, 0.4) is 0 Å². The van der Waals surface area contributed by atoms with Crippen LogP contribution in [0.25, 0.3) is 0 Å². The Hall–Kier alpha value is -2.40. The largest absolute Gasteiger partial charge is 0.489 e. The summed E-state index contributed by atoms with van der Waals surface area (Å²) in [6.45, 7) is 6.13. The van der Waals surface area contributed by atoms with Gasteiger partial charge in [-0.15, -0.1) is 0 Å². The van der Waals surface area contributed by atoms with Crippen LogP contribution in [0.5, 0.6) is 5.75 Å². The van der Waals surface area contributed by atoms with Gasteiger partial charge in [-0.2, -0.15) is 0 Å². The molecule has 1 aromatic carbocycles. The highest BCUT2D eigenvalue weighted by Gasteiger charge is 2.25. The highest BCUT2D eigenvalue weighted by atomic mass is 16.5. The van der Waals surface area contributed by atoms with Gasteiger partial charge in [-0.3, -0.25) is 9.78 Å². The van der Waals surface area contributed by atoms with Crippen molar-refractivity contribution in [1.82, 2.24) is 10.3 Å². The van der Waals surface area contributed by atoms with E-state index in [-0.39, 0.29) is 18.4 Å². The van der Waals surface area contributed by atoms with E-state index in [2.05, 4.69) is 10.3 Å². The van der Waals surface area contributed by atoms with Crippen LogP contribution < -0.4 is 10.1 Å². The molecule has 0 saturated heterocycles. The van der Waals surface area contributed by atoms with E-state index < -0.39 is 5.60 Å². The first-order valence-electron chi connectivity index (χ1n) is 8.01. The Balaban J connectivity index is 1.95. The lowest BCUT2D eigenvalue weighted by Crippen LogP contribution is -2.44. The summed E-state index contributed by atoms with van der Waals surface area (Å²) in [6.07, 6.45) is 3.45. The number of carbonyl (C=O) groups is 1. The minimum atomic E-state index is -0.940. The maximum Gasteiger partial charge on any atom is 0.251 e. The third-order valence-corrected chi connectivity index (χ3v) is 4.08. The van der Waals surface area contributed by atoms with Crippen LogP contribution in [-0.4, -0.2) is 28.1 Å². The van der Waals surface area contributed by atoms with Crippen molar-refractivity contribution in [2.75, 3.05) is 6.54 Å². The van der Waals surface area contributed by atoms with Gasteiger partial charge < -0.3 is 15.2 Å². The van der Waals surface area contributed by atoms with Crippen LogP contribution in [0.1, 0.15) is 36.7 Å². The Labute approximate surface area is 142 Å². The average molecular weight is 328 g/mol. The van der Waals surface area contributed by atoms with Crippen LogP contribution in [0.15, 0.2) is 48.8 Å². The van der Waals surface area contributed by atoms with Crippen molar-refractivity contribution in [3.63, 3.8) is 0 Å². The SMILES string of the molecule is CC(C)C(C)(O)CNC(=O)c1cccc(OCc2cccnc2)c1. The number of ether oxygens (including phenoxy) is 1. The van der Waals surface area contributed by atoms with E-state index in [1.54, 1.807) is 43.6 Å². The highest BCUT2D eigenvalue weighted by Crippen LogP contribution is 2.17. The lowest BCUT2D eigenvalue weighted by Gasteiger charge is -2.27. The van der Waals surface area contributed by atoms with Gasteiger partial charge in [0.25, 0.3) is 5.91 Å². The van der Waals surface area contributed by atoms with Crippen LogP contribution in [-0.2, 0) is 6.61 Å². The highest BCUT2D eigenvalue weighted by molar-refractivity contribution is 5.94. The minimum Gasteiger partial charge on any atom is -0.489 e. The number of benzene rings is 1. The molecule has 0 aliphatic carbocycles. The van der Waals surface area contributed by atoms with Gasteiger partial charge in [0.15, 0.2) is 0 Å². The second-order valence-corrected chi connectivity index (χ2v) is 6.37. The summed E-state index contributed by atoms with van der Waals surface area (Å²) in [4.78, 5) is 16.3. The number of nitrogens with one attached hydrogen (secondary N) is 1. The van der Waals surface area contributed by atoms with Gasteiger partial charge in [-0.25, -0.2) is 0 Å². The van der Waals surface area contributed by atoms with Crippen molar-refractivity contribution < 1.29 is 14.6 Å². The molecule has 0 spiro atoms. The first kappa shape index (κ1) is 17.9. The van der Waals surface area contributed by atoms with Crippen LogP contribution >= 0.6 is 0 Å². The van der Waals surface area contributed by atoms with Gasteiger partial charge in [0.2, 0.25) is 0 Å². The molecular formula is C19H24N2O3. The Kier molecular flexibility index (Phi) is 5.93. The van der Waals surface area contributed by atoms with E-state index in [4.69, 9.17) is 4.74 Å². The topological polar surface area (TPSA) is 71.5 Å². The summed E-state index contributed by atoms with van der Waals surface area (Å²) >= 11 is 0. The Morgan fingerprint density at radius 1 is 1.33 bits per heavy atom. The standard InChI is InChI=1S/C19H24N2O3/c1-14(2)19(3,23)13-21-18(22)16-7-4-8-17(10-16)24-12-15-6-5-9-20-11-15/h4-11,14,23H,12-13H2,1-3H3,(H,21,22). The fourth-order valence-corrected chi connectivity index (χ4v) is 1.94. The number of pyridine rings is 1. The van der Waals surface area contributed by atoms with E-state index in [9.17, 15) is 9.90 Å². The fraction of sp³-hybridized carbons (Fsp3) is 0.368. The summed E-state index contributed by atoms with van der Waals surface area (Å²) in [5, 5.41) is 13.0. The third-order valence-electron chi connectivity index (χ3n) is 4.08. The summed E-state index contributed by atoms with van der Waals surface area (Å²) in [5.41, 5.74) is 0.517. The molecule has 1 unspecified atom stereocenters. The van der Waals surface area contributed by atoms with E-state index in [1.165, 1.54) is 0 Å². The summed E-state index contributed by atoms with van der Waals surface area (Å²) < 4.78 is 5.70. The molecule has 0 bridgehead atoms. The molecule has 1 atom stereocenters. The molecule has 0 fully saturated rings. The number of aliphatic hydroxyl groups is 1. The van der Waals surface area contributed by atoms with Crippen LogP contribution in [0.4, 0.5) is 0 Å².